The predicted molar refractivity (Wildman–Crippen MR) is 121 cm³/mol. The molecule has 0 aliphatic carbocycles. The van der Waals surface area contributed by atoms with Crippen LogP contribution in [0, 0.1) is 0 Å². The van der Waals surface area contributed by atoms with Crippen molar-refractivity contribution in [1.29, 1.82) is 0 Å². The molecular weight excluding hydrogens is 404 g/mol. The summed E-state index contributed by atoms with van der Waals surface area (Å²) in [5.74, 6) is -0.717. The average Bonchev–Trinajstić information content (AvgIpc) is 3.08. The number of benzene rings is 4. The van der Waals surface area contributed by atoms with Crippen molar-refractivity contribution in [2.24, 2.45) is 0 Å². The third-order valence-electron chi connectivity index (χ3n) is 5.66. The molecule has 152 valence electrons. The van der Waals surface area contributed by atoms with E-state index in [-0.39, 0.29) is 17.4 Å². The van der Waals surface area contributed by atoms with Crippen molar-refractivity contribution < 1.29 is 14.0 Å². The Morgan fingerprint density at radius 1 is 0.688 bits per heavy atom. The quantitative estimate of drug-likeness (QED) is 0.385. The molecule has 0 unspecified atom stereocenters. The van der Waals surface area contributed by atoms with Gasteiger partial charge in [0, 0.05) is 5.56 Å². The Hall–Kier alpha value is -4.58. The summed E-state index contributed by atoms with van der Waals surface area (Å²) in [6.45, 7) is 0. The smallest absolute Gasteiger partial charge is 0.347 e. The average molecular weight is 418 g/mol. The van der Waals surface area contributed by atoms with Gasteiger partial charge < -0.3 is 4.42 Å². The monoisotopic (exact) mass is 418 g/mol. The van der Waals surface area contributed by atoms with Crippen LogP contribution in [0.1, 0.15) is 20.7 Å². The molecule has 0 atom stereocenters. The molecule has 0 fully saturated rings. The molecule has 1 aliphatic rings. The largest absolute Gasteiger partial charge is 0.403 e. The summed E-state index contributed by atoms with van der Waals surface area (Å²) < 4.78 is 5.38. The van der Waals surface area contributed by atoms with Crippen LogP contribution in [0.4, 0.5) is 5.69 Å². The second-order valence-electron chi connectivity index (χ2n) is 7.56. The molecule has 6 nitrogen and oxygen atoms in total. The number of carbonyl (C=O) groups excluding carboxylic acids is 2. The van der Waals surface area contributed by atoms with E-state index >= 15 is 0 Å². The van der Waals surface area contributed by atoms with E-state index in [1.807, 2.05) is 36.4 Å². The lowest BCUT2D eigenvalue weighted by Gasteiger charge is -2.14. The molecule has 2 amide bonds. The van der Waals surface area contributed by atoms with Crippen molar-refractivity contribution in [2.45, 2.75) is 0 Å². The van der Waals surface area contributed by atoms with Crippen LogP contribution in [0.2, 0.25) is 0 Å². The first-order valence-corrected chi connectivity index (χ1v) is 10.0. The molecule has 4 aromatic carbocycles. The summed E-state index contributed by atoms with van der Waals surface area (Å²) in [4.78, 5) is 44.1. The summed E-state index contributed by atoms with van der Waals surface area (Å²) in [6.07, 6.45) is 0. The molecule has 0 saturated heterocycles. The van der Waals surface area contributed by atoms with Gasteiger partial charge in [0.2, 0.25) is 5.89 Å². The van der Waals surface area contributed by atoms with Crippen LogP contribution in [0.5, 0.6) is 0 Å². The van der Waals surface area contributed by atoms with Crippen LogP contribution in [0.3, 0.4) is 0 Å². The lowest BCUT2D eigenvalue weighted by molar-refractivity contribution is 0.0926. The number of anilines is 1. The first-order chi connectivity index (χ1) is 15.6. The van der Waals surface area contributed by atoms with Crippen molar-refractivity contribution in [1.82, 2.24) is 4.98 Å². The first kappa shape index (κ1) is 18.2. The Kier molecular flexibility index (Phi) is 3.82. The molecule has 0 saturated carbocycles. The zero-order valence-corrected chi connectivity index (χ0v) is 16.6. The molecule has 1 aliphatic heterocycles. The standard InChI is InChI=1S/C26H14N2O4/c29-24-19-12-10-17(23-27-22-8-4-3-7-20(22)26(31)32-23)14-21(19)25(30)28(24)18-11-9-15-5-1-2-6-16(15)13-18/h1-14H. The maximum atomic E-state index is 13.2. The minimum atomic E-state index is -0.508. The van der Waals surface area contributed by atoms with Crippen LogP contribution in [0.15, 0.2) is 94.1 Å². The van der Waals surface area contributed by atoms with E-state index in [0.29, 0.717) is 27.7 Å². The van der Waals surface area contributed by atoms with Crippen molar-refractivity contribution in [2.75, 3.05) is 4.90 Å². The van der Waals surface area contributed by atoms with E-state index in [4.69, 9.17) is 4.42 Å². The highest BCUT2D eigenvalue weighted by molar-refractivity contribution is 6.34. The Morgan fingerprint density at radius 3 is 2.31 bits per heavy atom. The van der Waals surface area contributed by atoms with Crippen molar-refractivity contribution in [3.05, 3.63) is 106 Å². The first-order valence-electron chi connectivity index (χ1n) is 10.0. The van der Waals surface area contributed by atoms with Crippen LogP contribution >= 0.6 is 0 Å². The van der Waals surface area contributed by atoms with Crippen molar-refractivity contribution >= 4 is 39.2 Å². The highest BCUT2D eigenvalue weighted by Crippen LogP contribution is 2.32. The Balaban J connectivity index is 1.44. The van der Waals surface area contributed by atoms with Crippen molar-refractivity contribution in [3.63, 3.8) is 0 Å². The minimum Gasteiger partial charge on any atom is -0.403 e. The minimum absolute atomic E-state index is 0.0981. The van der Waals surface area contributed by atoms with Gasteiger partial charge in [-0.15, -0.1) is 0 Å². The number of carbonyl (C=O) groups is 2. The van der Waals surface area contributed by atoms with Crippen LogP contribution in [-0.2, 0) is 0 Å². The highest BCUT2D eigenvalue weighted by atomic mass is 16.4. The summed E-state index contributed by atoms with van der Waals surface area (Å²) in [6, 6.07) is 24.9. The number of fused-ring (bicyclic) bond motifs is 3. The number of rotatable bonds is 2. The van der Waals surface area contributed by atoms with E-state index in [1.165, 1.54) is 4.90 Å². The lowest BCUT2D eigenvalue weighted by Crippen LogP contribution is -2.29. The number of para-hydroxylation sites is 1. The van der Waals surface area contributed by atoms with Crippen molar-refractivity contribution in [3.8, 4) is 11.5 Å². The summed E-state index contributed by atoms with van der Waals surface area (Å²) in [5.41, 5.74) is 1.50. The van der Waals surface area contributed by atoms with Gasteiger partial charge in [0.1, 0.15) is 0 Å². The number of aromatic nitrogens is 1. The molecule has 32 heavy (non-hydrogen) atoms. The van der Waals surface area contributed by atoms with Gasteiger partial charge in [-0.1, -0.05) is 42.5 Å². The fraction of sp³-hybridized carbons (Fsp3) is 0. The molecule has 0 bridgehead atoms. The molecule has 6 rings (SSSR count). The fourth-order valence-corrected chi connectivity index (χ4v) is 4.07. The molecule has 0 radical (unpaired) electrons. The van der Waals surface area contributed by atoms with Gasteiger partial charge in [-0.3, -0.25) is 9.59 Å². The van der Waals surface area contributed by atoms with Gasteiger partial charge in [0.05, 0.1) is 27.7 Å². The summed E-state index contributed by atoms with van der Waals surface area (Å²) in [5, 5.41) is 2.34. The molecule has 5 aromatic rings. The van der Waals surface area contributed by atoms with Gasteiger partial charge in [-0.2, -0.15) is 0 Å². The Bertz CT molecular complexity index is 1650. The van der Waals surface area contributed by atoms with Gasteiger partial charge in [0.15, 0.2) is 0 Å². The maximum Gasteiger partial charge on any atom is 0.347 e. The Morgan fingerprint density at radius 2 is 1.44 bits per heavy atom. The number of amides is 2. The van der Waals surface area contributed by atoms with E-state index in [0.717, 1.165) is 10.8 Å². The van der Waals surface area contributed by atoms with Gasteiger partial charge in [-0.25, -0.2) is 14.7 Å². The second-order valence-corrected chi connectivity index (χ2v) is 7.56. The second kappa shape index (κ2) is 6.72. The predicted octanol–water partition coefficient (Wildman–Crippen LogP) is 4.81. The van der Waals surface area contributed by atoms with E-state index in [9.17, 15) is 14.4 Å². The topological polar surface area (TPSA) is 80.5 Å². The molecule has 2 heterocycles. The molecular formula is C26H14N2O4. The van der Waals surface area contributed by atoms with E-state index < -0.39 is 11.5 Å². The van der Waals surface area contributed by atoms with E-state index in [2.05, 4.69) is 4.98 Å². The number of nitrogens with zero attached hydrogens (tertiary/aromatic N) is 2. The summed E-state index contributed by atoms with van der Waals surface area (Å²) in [7, 11) is 0. The number of hydrogen-bond donors (Lipinski definition) is 0. The molecule has 1 aromatic heterocycles. The molecule has 6 heteroatoms. The van der Waals surface area contributed by atoms with Gasteiger partial charge in [-0.05, 0) is 53.2 Å². The highest BCUT2D eigenvalue weighted by Gasteiger charge is 2.37. The fourth-order valence-electron chi connectivity index (χ4n) is 4.07. The van der Waals surface area contributed by atoms with Gasteiger partial charge >= 0.3 is 5.63 Å². The Labute approximate surface area is 181 Å². The zero-order chi connectivity index (χ0) is 21.8. The summed E-state index contributed by atoms with van der Waals surface area (Å²) >= 11 is 0. The molecule has 0 N–H and O–H groups in total. The number of hydrogen-bond acceptors (Lipinski definition) is 5. The normalized spacial score (nSPS) is 13.2. The van der Waals surface area contributed by atoms with Crippen LogP contribution in [-0.4, -0.2) is 16.8 Å². The van der Waals surface area contributed by atoms with Crippen LogP contribution in [0.25, 0.3) is 33.1 Å². The third kappa shape index (κ3) is 2.66. The lowest BCUT2D eigenvalue weighted by atomic mass is 10.1. The maximum absolute atomic E-state index is 13.2. The zero-order valence-electron chi connectivity index (χ0n) is 16.6. The third-order valence-corrected chi connectivity index (χ3v) is 5.66. The SMILES string of the molecule is O=C1c2ccc(-c3nc4ccccc4c(=O)o3)cc2C(=O)N1c1ccc2ccccc2c1. The van der Waals surface area contributed by atoms with E-state index in [1.54, 1.807) is 48.5 Å². The van der Waals surface area contributed by atoms with Crippen LogP contribution < -0.4 is 10.5 Å². The van der Waals surface area contributed by atoms with Gasteiger partial charge in [0.25, 0.3) is 11.8 Å². The molecule has 0 spiro atoms. The number of imide groups is 1.